The van der Waals surface area contributed by atoms with Gasteiger partial charge in [0, 0.05) is 6.54 Å². The van der Waals surface area contributed by atoms with Crippen LogP contribution in [0.25, 0.3) is 0 Å². The molecule has 5 heteroatoms. The fraction of sp³-hybridized carbons (Fsp3) is 0.357. The van der Waals surface area contributed by atoms with Crippen LogP contribution in [0.1, 0.15) is 20.8 Å². The molecule has 0 saturated heterocycles. The molecule has 0 aliphatic heterocycles. The third kappa shape index (κ3) is 4.91. The van der Waals surface area contributed by atoms with Gasteiger partial charge in [-0.25, -0.2) is 9.18 Å². The number of nitrogens with zero attached hydrogens (tertiary/aromatic N) is 1. The Morgan fingerprint density at radius 2 is 2.05 bits per heavy atom. The molecule has 1 rings (SSSR count). The van der Waals surface area contributed by atoms with Crippen LogP contribution in [0.5, 0.6) is 0 Å². The van der Waals surface area contributed by atoms with Gasteiger partial charge in [-0.3, -0.25) is 4.90 Å². The van der Waals surface area contributed by atoms with Crippen LogP contribution in [-0.4, -0.2) is 18.2 Å². The van der Waals surface area contributed by atoms with Crippen molar-refractivity contribution in [2.75, 3.05) is 11.4 Å². The average molecular weight is 286 g/mol. The predicted octanol–water partition coefficient (Wildman–Crippen LogP) is 4.56. The van der Waals surface area contributed by atoms with Gasteiger partial charge in [-0.05, 0) is 39.0 Å². The van der Waals surface area contributed by atoms with Crippen LogP contribution in [-0.2, 0) is 4.74 Å². The summed E-state index contributed by atoms with van der Waals surface area (Å²) in [5.74, 6) is 0. The highest BCUT2D eigenvalue weighted by Crippen LogP contribution is 2.26. The van der Waals surface area contributed by atoms with Gasteiger partial charge in [-0.1, -0.05) is 23.7 Å². The molecule has 0 unspecified atom stereocenters. The first-order valence-corrected chi connectivity index (χ1v) is 6.23. The van der Waals surface area contributed by atoms with Gasteiger partial charge < -0.3 is 4.74 Å². The van der Waals surface area contributed by atoms with Gasteiger partial charge in [-0.15, -0.1) is 0 Å². The molecule has 0 heterocycles. The van der Waals surface area contributed by atoms with Gasteiger partial charge in [0.25, 0.3) is 0 Å². The molecule has 0 aromatic heterocycles. The van der Waals surface area contributed by atoms with Crippen LogP contribution in [0.4, 0.5) is 14.9 Å². The van der Waals surface area contributed by atoms with Crippen molar-refractivity contribution in [1.29, 1.82) is 0 Å². The van der Waals surface area contributed by atoms with Crippen molar-refractivity contribution < 1.29 is 13.9 Å². The highest BCUT2D eigenvalue weighted by atomic mass is 35.5. The summed E-state index contributed by atoms with van der Waals surface area (Å²) in [4.78, 5) is 13.4. The Hall–Kier alpha value is -1.55. The zero-order valence-electron chi connectivity index (χ0n) is 11.2. The summed E-state index contributed by atoms with van der Waals surface area (Å²) >= 11 is 6.05. The zero-order valence-corrected chi connectivity index (χ0v) is 11.9. The Morgan fingerprint density at radius 1 is 1.42 bits per heavy atom. The Labute approximate surface area is 117 Å². The number of hydrogen-bond acceptors (Lipinski definition) is 2. The minimum Gasteiger partial charge on any atom is -0.443 e. The van der Waals surface area contributed by atoms with Crippen molar-refractivity contribution in [3.8, 4) is 0 Å². The summed E-state index contributed by atoms with van der Waals surface area (Å²) in [7, 11) is 0. The molecule has 0 aliphatic rings. The first kappa shape index (κ1) is 15.5. The summed E-state index contributed by atoms with van der Waals surface area (Å²) in [6.45, 7) is 5.34. The fourth-order valence-electron chi connectivity index (χ4n) is 1.40. The summed E-state index contributed by atoms with van der Waals surface area (Å²) in [6.07, 6.45) is 1.03. The van der Waals surface area contributed by atoms with Crippen molar-refractivity contribution >= 4 is 23.4 Å². The van der Waals surface area contributed by atoms with Crippen LogP contribution in [0.2, 0.25) is 5.02 Å². The zero-order chi connectivity index (χ0) is 14.5. The van der Waals surface area contributed by atoms with Gasteiger partial charge in [0.15, 0.2) is 0 Å². The lowest BCUT2D eigenvalue weighted by Crippen LogP contribution is -2.37. The van der Waals surface area contributed by atoms with Crippen molar-refractivity contribution in [3.05, 3.63) is 41.7 Å². The number of rotatable bonds is 3. The van der Waals surface area contributed by atoms with E-state index in [0.717, 1.165) is 0 Å². The van der Waals surface area contributed by atoms with Gasteiger partial charge in [0.1, 0.15) is 5.60 Å². The van der Waals surface area contributed by atoms with E-state index in [2.05, 4.69) is 0 Å². The maximum absolute atomic E-state index is 12.2. The number of amides is 1. The number of halogens is 2. The monoisotopic (exact) mass is 285 g/mol. The first-order chi connectivity index (χ1) is 8.85. The molecule has 0 fully saturated rings. The number of ether oxygens (including phenoxy) is 1. The lowest BCUT2D eigenvalue weighted by atomic mass is 10.2. The fourth-order valence-corrected chi connectivity index (χ4v) is 1.64. The topological polar surface area (TPSA) is 29.5 Å². The van der Waals surface area contributed by atoms with Gasteiger partial charge in [0.05, 0.1) is 17.0 Å². The SMILES string of the molecule is CC(C)(C)OC(=O)N(CC=CF)c1ccccc1Cl. The number of carbonyl (C=O) groups excluding carboxylic acids is 1. The minimum atomic E-state index is -0.629. The molecule has 0 spiro atoms. The quantitative estimate of drug-likeness (QED) is 0.814. The standard InChI is InChI=1S/C14H17ClFNO2/c1-14(2,3)19-13(18)17(10-6-9-16)12-8-5-4-7-11(12)15/h4-9H,10H2,1-3H3. The minimum absolute atomic E-state index is 0.0507. The highest BCUT2D eigenvalue weighted by molar-refractivity contribution is 6.33. The van der Waals surface area contributed by atoms with E-state index in [-0.39, 0.29) is 6.54 Å². The maximum atomic E-state index is 12.2. The van der Waals surface area contributed by atoms with Crippen LogP contribution < -0.4 is 4.90 Å². The lowest BCUT2D eigenvalue weighted by molar-refractivity contribution is 0.0584. The Kier molecular flexibility index (Phi) is 5.36. The van der Waals surface area contributed by atoms with Gasteiger partial charge in [0.2, 0.25) is 0 Å². The van der Waals surface area contributed by atoms with E-state index < -0.39 is 11.7 Å². The number of hydrogen-bond donors (Lipinski definition) is 0. The molecular formula is C14H17ClFNO2. The number of anilines is 1. The molecular weight excluding hydrogens is 269 g/mol. The third-order valence-corrected chi connectivity index (χ3v) is 2.45. The molecule has 0 saturated carbocycles. The van der Waals surface area contributed by atoms with Crippen LogP contribution in [0.15, 0.2) is 36.7 Å². The summed E-state index contributed by atoms with van der Waals surface area (Å²) in [6, 6.07) is 6.84. The van der Waals surface area contributed by atoms with E-state index in [9.17, 15) is 9.18 Å². The largest absolute Gasteiger partial charge is 0.443 e. The van der Waals surface area contributed by atoms with Gasteiger partial charge in [-0.2, -0.15) is 0 Å². The predicted molar refractivity (Wildman–Crippen MR) is 75.3 cm³/mol. The van der Waals surface area contributed by atoms with Gasteiger partial charge >= 0.3 is 6.09 Å². The van der Waals surface area contributed by atoms with Crippen molar-refractivity contribution in [2.45, 2.75) is 26.4 Å². The molecule has 104 valence electrons. The van der Waals surface area contributed by atoms with E-state index >= 15 is 0 Å². The summed E-state index contributed by atoms with van der Waals surface area (Å²) in [5, 5.41) is 0.403. The average Bonchev–Trinajstić information content (AvgIpc) is 2.29. The van der Waals surface area contributed by atoms with E-state index in [1.54, 1.807) is 45.0 Å². The van der Waals surface area contributed by atoms with Crippen LogP contribution >= 0.6 is 11.6 Å². The van der Waals surface area contributed by atoms with Crippen LogP contribution in [0, 0.1) is 0 Å². The van der Waals surface area contributed by atoms with E-state index in [1.807, 2.05) is 0 Å². The Balaban J connectivity index is 3.02. The summed E-state index contributed by atoms with van der Waals surface area (Å²) in [5.41, 5.74) is -0.146. The molecule has 1 aromatic carbocycles. The first-order valence-electron chi connectivity index (χ1n) is 5.85. The van der Waals surface area contributed by atoms with Crippen molar-refractivity contribution in [1.82, 2.24) is 0 Å². The molecule has 0 bridgehead atoms. The Morgan fingerprint density at radius 3 is 2.58 bits per heavy atom. The molecule has 19 heavy (non-hydrogen) atoms. The second-order valence-electron chi connectivity index (χ2n) is 4.90. The normalized spacial score (nSPS) is 11.6. The number of para-hydroxylation sites is 1. The molecule has 3 nitrogen and oxygen atoms in total. The van der Waals surface area contributed by atoms with E-state index in [1.165, 1.54) is 11.0 Å². The highest BCUT2D eigenvalue weighted by Gasteiger charge is 2.23. The molecule has 1 amide bonds. The van der Waals surface area contributed by atoms with Crippen molar-refractivity contribution in [2.24, 2.45) is 0 Å². The summed E-state index contributed by atoms with van der Waals surface area (Å²) < 4.78 is 17.5. The second-order valence-corrected chi connectivity index (χ2v) is 5.31. The molecule has 0 radical (unpaired) electrons. The Bertz CT molecular complexity index is 469. The smallest absolute Gasteiger partial charge is 0.415 e. The number of carbonyl (C=O) groups is 1. The third-order valence-electron chi connectivity index (χ3n) is 2.13. The molecule has 0 aliphatic carbocycles. The molecule has 1 aromatic rings. The second kappa shape index (κ2) is 6.57. The number of benzene rings is 1. The van der Waals surface area contributed by atoms with Crippen molar-refractivity contribution in [3.63, 3.8) is 0 Å². The van der Waals surface area contributed by atoms with E-state index in [4.69, 9.17) is 16.3 Å². The molecule has 0 atom stereocenters. The molecule has 0 N–H and O–H groups in total. The maximum Gasteiger partial charge on any atom is 0.415 e. The van der Waals surface area contributed by atoms with Crippen LogP contribution in [0.3, 0.4) is 0 Å². The lowest BCUT2D eigenvalue weighted by Gasteiger charge is -2.27. The van der Waals surface area contributed by atoms with E-state index in [0.29, 0.717) is 17.0 Å².